The van der Waals surface area contributed by atoms with Crippen molar-refractivity contribution in [3.63, 3.8) is 0 Å². The zero-order valence-corrected chi connectivity index (χ0v) is 15.8. The fourth-order valence-electron chi connectivity index (χ4n) is 2.14. The van der Waals surface area contributed by atoms with Gasteiger partial charge in [-0.2, -0.15) is 0 Å². The Morgan fingerprint density at radius 2 is 2.08 bits per heavy atom. The second kappa shape index (κ2) is 9.28. The minimum absolute atomic E-state index is 0.108. The number of thiazole rings is 1. The highest BCUT2D eigenvalue weighted by Gasteiger charge is 2.11. The zero-order chi connectivity index (χ0) is 19.1. The molecule has 0 aliphatic rings. The van der Waals surface area contributed by atoms with Gasteiger partial charge in [0.25, 0.3) is 0 Å². The Kier molecular flexibility index (Phi) is 7.08. The number of halogens is 1. The molecule has 1 heterocycles. The number of rotatable bonds is 8. The van der Waals surface area contributed by atoms with E-state index in [9.17, 15) is 14.0 Å². The van der Waals surface area contributed by atoms with Crippen LogP contribution >= 0.6 is 11.3 Å². The molecule has 6 nitrogen and oxygen atoms in total. The molecular weight excluding hydrogens is 357 g/mol. The SMILES string of the molecule is COc1ccc(-c2csc(NC(=O)CNC(=O)CCC(C)C)n2)cc1F. The maximum Gasteiger partial charge on any atom is 0.245 e. The minimum atomic E-state index is -0.479. The first kappa shape index (κ1) is 19.8. The van der Waals surface area contributed by atoms with E-state index in [0.29, 0.717) is 28.7 Å². The molecule has 8 heteroatoms. The van der Waals surface area contributed by atoms with Crippen LogP contribution in [-0.4, -0.2) is 30.5 Å². The first-order chi connectivity index (χ1) is 12.4. The van der Waals surface area contributed by atoms with Crippen molar-refractivity contribution in [2.45, 2.75) is 26.7 Å². The van der Waals surface area contributed by atoms with Gasteiger partial charge in [-0.1, -0.05) is 13.8 Å². The van der Waals surface area contributed by atoms with E-state index in [4.69, 9.17) is 4.74 Å². The van der Waals surface area contributed by atoms with E-state index in [1.54, 1.807) is 11.4 Å². The van der Waals surface area contributed by atoms with Gasteiger partial charge in [0.05, 0.1) is 19.3 Å². The number of anilines is 1. The van der Waals surface area contributed by atoms with Gasteiger partial charge in [0, 0.05) is 17.4 Å². The summed E-state index contributed by atoms with van der Waals surface area (Å²) in [6, 6.07) is 4.54. The van der Waals surface area contributed by atoms with Crippen LogP contribution in [0, 0.1) is 11.7 Å². The van der Waals surface area contributed by atoms with Crippen LogP contribution < -0.4 is 15.4 Å². The number of hydrogen-bond acceptors (Lipinski definition) is 5. The van der Waals surface area contributed by atoms with Gasteiger partial charge < -0.3 is 15.4 Å². The number of amides is 2. The molecule has 26 heavy (non-hydrogen) atoms. The molecule has 0 aliphatic heterocycles. The van der Waals surface area contributed by atoms with Crippen molar-refractivity contribution in [2.75, 3.05) is 19.0 Å². The van der Waals surface area contributed by atoms with Gasteiger partial charge in [0.15, 0.2) is 16.7 Å². The van der Waals surface area contributed by atoms with Crippen LogP contribution in [0.3, 0.4) is 0 Å². The van der Waals surface area contributed by atoms with E-state index in [0.717, 1.165) is 6.42 Å². The first-order valence-electron chi connectivity index (χ1n) is 8.25. The normalized spacial score (nSPS) is 10.7. The van der Waals surface area contributed by atoms with E-state index >= 15 is 0 Å². The molecule has 2 amide bonds. The summed E-state index contributed by atoms with van der Waals surface area (Å²) in [5, 5.41) is 7.31. The molecule has 1 aromatic carbocycles. The molecule has 2 rings (SSSR count). The predicted molar refractivity (Wildman–Crippen MR) is 99.8 cm³/mol. The van der Waals surface area contributed by atoms with Crippen LogP contribution in [0.2, 0.25) is 0 Å². The topological polar surface area (TPSA) is 80.3 Å². The number of nitrogens with zero attached hydrogens (tertiary/aromatic N) is 1. The number of methoxy groups -OCH3 is 1. The van der Waals surface area contributed by atoms with Crippen LogP contribution in [0.15, 0.2) is 23.6 Å². The molecule has 140 valence electrons. The van der Waals surface area contributed by atoms with Crippen LogP contribution in [0.25, 0.3) is 11.3 Å². The van der Waals surface area contributed by atoms with Crippen molar-refractivity contribution in [3.8, 4) is 17.0 Å². The summed E-state index contributed by atoms with van der Waals surface area (Å²) in [7, 11) is 1.40. The molecular formula is C18H22FN3O3S. The minimum Gasteiger partial charge on any atom is -0.494 e. The van der Waals surface area contributed by atoms with Crippen molar-refractivity contribution in [2.24, 2.45) is 5.92 Å². The Balaban J connectivity index is 1.88. The van der Waals surface area contributed by atoms with Crippen LogP contribution in [0.4, 0.5) is 9.52 Å². The van der Waals surface area contributed by atoms with E-state index in [-0.39, 0.29) is 24.1 Å². The van der Waals surface area contributed by atoms with Gasteiger partial charge in [0.2, 0.25) is 11.8 Å². The molecule has 2 N–H and O–H groups in total. The number of carbonyl (C=O) groups excluding carboxylic acids is 2. The van der Waals surface area contributed by atoms with Gasteiger partial charge in [-0.25, -0.2) is 9.37 Å². The summed E-state index contributed by atoms with van der Waals surface area (Å²) in [5.74, 6) is -0.392. The molecule has 1 aromatic heterocycles. The number of ether oxygens (including phenoxy) is 1. The number of benzene rings is 1. The number of carbonyl (C=O) groups is 2. The van der Waals surface area contributed by atoms with E-state index < -0.39 is 5.82 Å². The monoisotopic (exact) mass is 379 g/mol. The summed E-state index contributed by atoms with van der Waals surface area (Å²) in [5.41, 5.74) is 1.13. The molecule has 0 fully saturated rings. The molecule has 0 spiro atoms. The molecule has 2 aromatic rings. The van der Waals surface area contributed by atoms with Crippen LogP contribution in [0.1, 0.15) is 26.7 Å². The second-order valence-corrected chi connectivity index (χ2v) is 7.00. The fourth-order valence-corrected chi connectivity index (χ4v) is 2.88. The third-order valence-corrected chi connectivity index (χ3v) is 4.35. The first-order valence-corrected chi connectivity index (χ1v) is 9.13. The Hall–Kier alpha value is -2.48. The average Bonchev–Trinajstić information content (AvgIpc) is 3.06. The predicted octanol–water partition coefficient (Wildman–Crippen LogP) is 3.45. The number of nitrogens with one attached hydrogen (secondary N) is 2. The molecule has 0 unspecified atom stereocenters. The van der Waals surface area contributed by atoms with Crippen LogP contribution in [0.5, 0.6) is 5.75 Å². The van der Waals surface area contributed by atoms with E-state index in [1.807, 2.05) is 13.8 Å². The smallest absolute Gasteiger partial charge is 0.245 e. The summed E-state index contributed by atoms with van der Waals surface area (Å²) >= 11 is 1.23. The summed E-state index contributed by atoms with van der Waals surface area (Å²) in [6.07, 6.45) is 1.18. The average molecular weight is 379 g/mol. The largest absolute Gasteiger partial charge is 0.494 e. The highest BCUT2D eigenvalue weighted by Crippen LogP contribution is 2.28. The van der Waals surface area contributed by atoms with E-state index in [1.165, 1.54) is 30.6 Å². The van der Waals surface area contributed by atoms with Gasteiger partial charge in [0.1, 0.15) is 0 Å². The molecule has 0 aliphatic carbocycles. The second-order valence-electron chi connectivity index (χ2n) is 6.14. The molecule has 0 bridgehead atoms. The molecule has 0 saturated heterocycles. The van der Waals surface area contributed by atoms with Gasteiger partial charge in [-0.3, -0.25) is 9.59 Å². The Morgan fingerprint density at radius 3 is 2.73 bits per heavy atom. The molecule has 0 radical (unpaired) electrons. The fraction of sp³-hybridized carbons (Fsp3) is 0.389. The lowest BCUT2D eigenvalue weighted by molar-refractivity contribution is -0.124. The lowest BCUT2D eigenvalue weighted by Crippen LogP contribution is -2.32. The lowest BCUT2D eigenvalue weighted by Gasteiger charge is -2.06. The third-order valence-electron chi connectivity index (χ3n) is 3.59. The third kappa shape index (κ3) is 5.80. The quantitative estimate of drug-likeness (QED) is 0.736. The van der Waals surface area contributed by atoms with Crippen molar-refractivity contribution in [1.29, 1.82) is 0 Å². The summed E-state index contributed by atoms with van der Waals surface area (Å²) < 4.78 is 18.7. The summed E-state index contributed by atoms with van der Waals surface area (Å²) in [6.45, 7) is 3.96. The molecule has 0 atom stereocenters. The Bertz CT molecular complexity index is 777. The van der Waals surface area contributed by atoms with Gasteiger partial charge in [-0.05, 0) is 30.5 Å². The maximum atomic E-state index is 13.8. The Morgan fingerprint density at radius 1 is 1.31 bits per heavy atom. The van der Waals surface area contributed by atoms with Crippen molar-refractivity contribution < 1.29 is 18.7 Å². The zero-order valence-electron chi connectivity index (χ0n) is 15.0. The summed E-state index contributed by atoms with van der Waals surface area (Å²) in [4.78, 5) is 27.8. The van der Waals surface area contributed by atoms with Crippen molar-refractivity contribution in [3.05, 3.63) is 29.4 Å². The maximum absolute atomic E-state index is 13.8. The highest BCUT2D eigenvalue weighted by atomic mass is 32.1. The highest BCUT2D eigenvalue weighted by molar-refractivity contribution is 7.14. The van der Waals surface area contributed by atoms with Crippen molar-refractivity contribution >= 4 is 28.3 Å². The van der Waals surface area contributed by atoms with E-state index in [2.05, 4.69) is 15.6 Å². The van der Waals surface area contributed by atoms with Crippen LogP contribution in [-0.2, 0) is 9.59 Å². The Labute approximate surface area is 155 Å². The standard InChI is InChI=1S/C18H22FN3O3S/c1-11(2)4-7-16(23)20-9-17(24)22-18-21-14(10-26-18)12-5-6-15(25-3)13(19)8-12/h5-6,8,10-11H,4,7,9H2,1-3H3,(H,20,23)(H,21,22,24). The lowest BCUT2D eigenvalue weighted by atomic mass is 10.1. The molecule has 0 saturated carbocycles. The van der Waals surface area contributed by atoms with Gasteiger partial charge >= 0.3 is 0 Å². The van der Waals surface area contributed by atoms with Gasteiger partial charge in [-0.15, -0.1) is 11.3 Å². The number of aromatic nitrogens is 1. The van der Waals surface area contributed by atoms with Crippen molar-refractivity contribution in [1.82, 2.24) is 10.3 Å². The number of hydrogen-bond donors (Lipinski definition) is 2.